The summed E-state index contributed by atoms with van der Waals surface area (Å²) in [5.41, 5.74) is 3.64. The van der Waals surface area contributed by atoms with Crippen molar-refractivity contribution in [3.63, 3.8) is 0 Å². The summed E-state index contributed by atoms with van der Waals surface area (Å²) < 4.78 is 5.32. The number of rotatable bonds is 3. The van der Waals surface area contributed by atoms with E-state index in [2.05, 4.69) is 25.8 Å². The molecule has 114 valence electrons. The highest BCUT2D eigenvalue weighted by Gasteiger charge is 2.22. The molecule has 0 spiro atoms. The molecule has 0 saturated carbocycles. The second-order valence-electron chi connectivity index (χ2n) is 6.41. The molecule has 0 fully saturated rings. The van der Waals surface area contributed by atoms with Crippen LogP contribution in [-0.4, -0.2) is 17.2 Å². The van der Waals surface area contributed by atoms with Crippen molar-refractivity contribution in [3.05, 3.63) is 44.9 Å². The molecule has 2 rings (SSSR count). The maximum Gasteiger partial charge on any atom is 0.122 e. The lowest BCUT2D eigenvalue weighted by molar-refractivity contribution is 0.214. The van der Waals surface area contributed by atoms with Crippen LogP contribution in [-0.2, 0) is 5.41 Å². The fourth-order valence-electron chi connectivity index (χ4n) is 2.24. The predicted octanol–water partition coefficient (Wildman–Crippen LogP) is 4.15. The van der Waals surface area contributed by atoms with Gasteiger partial charge in [0.2, 0.25) is 0 Å². The van der Waals surface area contributed by atoms with E-state index in [1.807, 2.05) is 31.4 Å². The molecule has 21 heavy (non-hydrogen) atoms. The molecule has 1 aromatic carbocycles. The summed E-state index contributed by atoms with van der Waals surface area (Å²) in [4.78, 5) is 4.61. The number of benzene rings is 1. The minimum absolute atomic E-state index is 0.00745. The Kier molecular flexibility index (Phi) is 4.40. The second kappa shape index (κ2) is 5.78. The minimum atomic E-state index is -0.693. The molecule has 0 radical (unpaired) electrons. The van der Waals surface area contributed by atoms with E-state index in [0.717, 1.165) is 33.1 Å². The highest BCUT2D eigenvalue weighted by molar-refractivity contribution is 7.09. The van der Waals surface area contributed by atoms with Crippen molar-refractivity contribution in [2.24, 2.45) is 0 Å². The number of thiazole rings is 1. The van der Waals surface area contributed by atoms with Crippen molar-refractivity contribution >= 4 is 11.3 Å². The van der Waals surface area contributed by atoms with E-state index in [-0.39, 0.29) is 5.41 Å². The molecule has 1 aromatic heterocycles. The lowest BCUT2D eigenvalue weighted by atomic mass is 9.97. The van der Waals surface area contributed by atoms with Gasteiger partial charge >= 0.3 is 0 Å². The fourth-order valence-corrected chi connectivity index (χ4v) is 3.17. The van der Waals surface area contributed by atoms with E-state index < -0.39 is 6.10 Å². The van der Waals surface area contributed by atoms with Crippen LogP contribution in [0.2, 0.25) is 0 Å². The number of aliphatic hydroxyl groups excluding tert-OH is 1. The van der Waals surface area contributed by atoms with Crippen LogP contribution in [0.4, 0.5) is 0 Å². The van der Waals surface area contributed by atoms with Crippen LogP contribution < -0.4 is 4.74 Å². The monoisotopic (exact) mass is 305 g/mol. The molecule has 0 amide bonds. The largest absolute Gasteiger partial charge is 0.496 e. The molecule has 1 unspecified atom stereocenters. The molecule has 0 aliphatic heterocycles. The predicted molar refractivity (Wildman–Crippen MR) is 87.3 cm³/mol. The first-order valence-corrected chi connectivity index (χ1v) is 7.91. The van der Waals surface area contributed by atoms with E-state index in [4.69, 9.17) is 4.74 Å². The van der Waals surface area contributed by atoms with Gasteiger partial charge in [-0.15, -0.1) is 11.3 Å². The Bertz CT molecular complexity index is 641. The van der Waals surface area contributed by atoms with Crippen LogP contribution in [0, 0.1) is 13.8 Å². The quantitative estimate of drug-likeness (QED) is 0.926. The van der Waals surface area contributed by atoms with Gasteiger partial charge in [0.15, 0.2) is 0 Å². The van der Waals surface area contributed by atoms with Crippen molar-refractivity contribution in [3.8, 4) is 5.75 Å². The van der Waals surface area contributed by atoms with Crippen LogP contribution in [0.1, 0.15) is 54.3 Å². The van der Waals surface area contributed by atoms with Crippen molar-refractivity contribution < 1.29 is 9.84 Å². The lowest BCUT2D eigenvalue weighted by Crippen LogP contribution is -2.11. The van der Waals surface area contributed by atoms with Gasteiger partial charge in [-0.25, -0.2) is 4.98 Å². The van der Waals surface area contributed by atoms with Crippen LogP contribution in [0.15, 0.2) is 17.5 Å². The van der Waals surface area contributed by atoms with Gasteiger partial charge in [0.25, 0.3) is 0 Å². The Labute approximate surface area is 130 Å². The molecule has 2 aromatic rings. The number of hydrogen-bond donors (Lipinski definition) is 1. The highest BCUT2D eigenvalue weighted by atomic mass is 32.1. The second-order valence-corrected chi connectivity index (χ2v) is 7.27. The SMILES string of the molecule is COc1cc(C)c(C(O)c2csc(C(C)(C)C)n2)cc1C. The van der Waals surface area contributed by atoms with Crippen molar-refractivity contribution in [2.75, 3.05) is 7.11 Å². The van der Waals surface area contributed by atoms with E-state index in [1.165, 1.54) is 0 Å². The van der Waals surface area contributed by atoms with E-state index >= 15 is 0 Å². The van der Waals surface area contributed by atoms with Crippen LogP contribution in [0.3, 0.4) is 0 Å². The third-order valence-electron chi connectivity index (χ3n) is 3.52. The Balaban J connectivity index is 2.38. The first-order chi connectivity index (χ1) is 9.74. The summed E-state index contributed by atoms with van der Waals surface area (Å²) in [6, 6.07) is 3.94. The fraction of sp³-hybridized carbons (Fsp3) is 0.471. The average Bonchev–Trinajstić information content (AvgIpc) is 2.89. The average molecular weight is 305 g/mol. The van der Waals surface area contributed by atoms with E-state index in [1.54, 1.807) is 18.4 Å². The molecule has 0 bridgehead atoms. The Hall–Kier alpha value is -1.39. The summed E-state index contributed by atoms with van der Waals surface area (Å²) in [6.45, 7) is 10.4. The van der Waals surface area contributed by atoms with Gasteiger partial charge in [-0.3, -0.25) is 0 Å². The van der Waals surface area contributed by atoms with E-state index in [0.29, 0.717) is 0 Å². The molecule has 4 heteroatoms. The van der Waals surface area contributed by atoms with Crippen LogP contribution in [0.25, 0.3) is 0 Å². The standard InChI is InChI=1S/C17H23NO2S/c1-10-8-14(20-6)11(2)7-12(10)15(19)13-9-21-16(18-13)17(3,4)5/h7-9,15,19H,1-6H3. The molecule has 1 atom stereocenters. The lowest BCUT2D eigenvalue weighted by Gasteiger charge is -2.16. The number of nitrogens with zero attached hydrogens (tertiary/aromatic N) is 1. The van der Waals surface area contributed by atoms with E-state index in [9.17, 15) is 5.11 Å². The summed E-state index contributed by atoms with van der Waals surface area (Å²) in [5, 5.41) is 13.6. The maximum absolute atomic E-state index is 10.6. The molecule has 3 nitrogen and oxygen atoms in total. The molecule has 1 N–H and O–H groups in total. The van der Waals surface area contributed by atoms with Crippen molar-refractivity contribution in [2.45, 2.75) is 46.1 Å². The van der Waals surface area contributed by atoms with Gasteiger partial charge in [-0.2, -0.15) is 0 Å². The third-order valence-corrected chi connectivity index (χ3v) is 4.81. The number of hydrogen-bond acceptors (Lipinski definition) is 4. The molecule has 0 aliphatic rings. The summed E-state index contributed by atoms with van der Waals surface area (Å²) in [5.74, 6) is 0.845. The Morgan fingerprint density at radius 2 is 1.86 bits per heavy atom. The molecule has 0 aliphatic carbocycles. The Morgan fingerprint density at radius 3 is 2.38 bits per heavy atom. The maximum atomic E-state index is 10.6. The first kappa shape index (κ1) is 16.0. The van der Waals surface area contributed by atoms with Gasteiger partial charge in [0.05, 0.1) is 17.8 Å². The zero-order valence-corrected chi connectivity index (χ0v) is 14.3. The number of methoxy groups -OCH3 is 1. The summed E-state index contributed by atoms with van der Waals surface area (Å²) in [6.07, 6.45) is -0.693. The zero-order valence-electron chi connectivity index (χ0n) is 13.5. The number of aromatic nitrogens is 1. The number of ether oxygens (including phenoxy) is 1. The van der Waals surface area contributed by atoms with Gasteiger partial charge in [-0.1, -0.05) is 20.8 Å². The minimum Gasteiger partial charge on any atom is -0.496 e. The Morgan fingerprint density at radius 1 is 1.19 bits per heavy atom. The van der Waals surface area contributed by atoms with Crippen LogP contribution in [0.5, 0.6) is 5.75 Å². The number of aryl methyl sites for hydroxylation is 2. The summed E-state index contributed by atoms with van der Waals surface area (Å²) in [7, 11) is 1.66. The molecule has 1 heterocycles. The normalized spacial score (nSPS) is 13.3. The molecule has 0 saturated heterocycles. The highest BCUT2D eigenvalue weighted by Crippen LogP contribution is 2.33. The number of aliphatic hydroxyl groups is 1. The first-order valence-electron chi connectivity index (χ1n) is 7.03. The van der Waals surface area contributed by atoms with Gasteiger partial charge in [-0.05, 0) is 42.7 Å². The van der Waals surface area contributed by atoms with Gasteiger partial charge in [0, 0.05) is 10.8 Å². The zero-order chi connectivity index (χ0) is 15.8. The summed E-state index contributed by atoms with van der Waals surface area (Å²) >= 11 is 1.60. The van der Waals surface area contributed by atoms with Crippen LogP contribution >= 0.6 is 11.3 Å². The third kappa shape index (κ3) is 3.27. The van der Waals surface area contributed by atoms with Gasteiger partial charge < -0.3 is 9.84 Å². The van der Waals surface area contributed by atoms with Crippen molar-refractivity contribution in [1.29, 1.82) is 0 Å². The topological polar surface area (TPSA) is 42.4 Å². The molecular weight excluding hydrogens is 282 g/mol. The smallest absolute Gasteiger partial charge is 0.122 e. The van der Waals surface area contributed by atoms with Crippen molar-refractivity contribution in [1.82, 2.24) is 4.98 Å². The van der Waals surface area contributed by atoms with Gasteiger partial charge in [0.1, 0.15) is 11.9 Å². The molecular formula is C17H23NO2S.